The van der Waals surface area contributed by atoms with Crippen molar-refractivity contribution in [3.05, 3.63) is 41.7 Å². The molecule has 0 radical (unpaired) electrons. The second-order valence-electron chi connectivity index (χ2n) is 14.4. The minimum Gasteiger partial charge on any atom is -0.496 e. The first kappa shape index (κ1) is 34.2. The first-order valence-electron chi connectivity index (χ1n) is 16.7. The van der Waals surface area contributed by atoms with Gasteiger partial charge in [0.05, 0.1) is 30.2 Å². The molecular weight excluding hydrogens is 598 g/mol. The summed E-state index contributed by atoms with van der Waals surface area (Å²) < 4.78 is 14.0. The number of hydrogen-bond donors (Lipinski definition) is 2. The van der Waals surface area contributed by atoms with E-state index in [0.717, 1.165) is 35.9 Å². The van der Waals surface area contributed by atoms with Crippen molar-refractivity contribution in [3.63, 3.8) is 0 Å². The summed E-state index contributed by atoms with van der Waals surface area (Å²) in [6.07, 6.45) is 5.30. The number of fused-ring (bicyclic) bond motifs is 1. The zero-order valence-electron chi connectivity index (χ0n) is 28.9. The lowest BCUT2D eigenvalue weighted by Gasteiger charge is -2.25. The Labute approximate surface area is 277 Å². The Morgan fingerprint density at radius 2 is 1.83 bits per heavy atom. The van der Waals surface area contributed by atoms with E-state index in [1.807, 2.05) is 44.3 Å². The Morgan fingerprint density at radius 1 is 1.13 bits per heavy atom. The first-order valence-corrected chi connectivity index (χ1v) is 16.7. The van der Waals surface area contributed by atoms with Crippen LogP contribution in [0.3, 0.4) is 0 Å². The van der Waals surface area contributed by atoms with Gasteiger partial charge in [0.2, 0.25) is 11.8 Å². The molecule has 2 aliphatic carbocycles. The fraction of sp³-hybridized carbons (Fsp3) is 0.583. The van der Waals surface area contributed by atoms with E-state index in [1.54, 1.807) is 23.7 Å². The standard InChI is InChI=1S/C36H49N5O6/c1-9-10-11-15-40(7)33(43)26-18-23(17-25(26)32(42)38-36(34(44)45)20-21(36)2)47-28-19-30(41-16-14-29(39-41)35(4,5)6)37-31-22(3)27(46-8)13-12-24(28)31/h12-14,16,19,21,23,25-26H,9-11,15,17-18,20H2,1-8H3,(H,38,42)(H,44,45)/t21-,23-,25-,26-,36-/m1/s1. The molecule has 1 aromatic carbocycles. The third kappa shape index (κ3) is 6.80. The third-order valence-electron chi connectivity index (χ3n) is 9.92. The maximum absolute atomic E-state index is 13.8. The summed E-state index contributed by atoms with van der Waals surface area (Å²) >= 11 is 0. The van der Waals surface area contributed by atoms with Gasteiger partial charge in [0.15, 0.2) is 5.82 Å². The van der Waals surface area contributed by atoms with Crippen molar-refractivity contribution in [1.82, 2.24) is 25.0 Å². The second-order valence-corrected chi connectivity index (χ2v) is 14.4. The van der Waals surface area contributed by atoms with Crippen LogP contribution in [0.5, 0.6) is 11.5 Å². The maximum Gasteiger partial charge on any atom is 0.329 e. The van der Waals surface area contributed by atoms with Crippen molar-refractivity contribution in [2.45, 2.75) is 97.1 Å². The van der Waals surface area contributed by atoms with E-state index in [9.17, 15) is 19.5 Å². The number of methoxy groups -OCH3 is 1. The molecule has 0 aliphatic heterocycles. The SMILES string of the molecule is CCCCCN(C)C(=O)[C@@H]1C[C@H](Oc2cc(-n3ccc(C(C)(C)C)n3)nc3c(C)c(OC)ccc23)C[C@H]1C(=O)N[C@]1(C(=O)O)C[C@H]1C. The van der Waals surface area contributed by atoms with Gasteiger partial charge in [0.1, 0.15) is 23.1 Å². The third-order valence-corrected chi connectivity index (χ3v) is 9.92. The number of carboxylic acid groups (broad SMARTS) is 1. The van der Waals surface area contributed by atoms with Gasteiger partial charge in [-0.05, 0) is 56.7 Å². The fourth-order valence-electron chi connectivity index (χ4n) is 6.74. The minimum atomic E-state index is -1.28. The fourth-order valence-corrected chi connectivity index (χ4v) is 6.74. The summed E-state index contributed by atoms with van der Waals surface area (Å²) in [4.78, 5) is 46.3. The zero-order valence-corrected chi connectivity index (χ0v) is 28.9. The van der Waals surface area contributed by atoms with E-state index >= 15 is 0 Å². The molecule has 11 heteroatoms. The number of pyridine rings is 1. The zero-order chi connectivity index (χ0) is 34.3. The number of rotatable bonds is 12. The molecule has 0 unspecified atom stereocenters. The smallest absolute Gasteiger partial charge is 0.329 e. The van der Waals surface area contributed by atoms with Crippen LogP contribution in [0.15, 0.2) is 30.5 Å². The Hall–Kier alpha value is -4.15. The van der Waals surface area contributed by atoms with Gasteiger partial charge in [0.25, 0.3) is 0 Å². The number of nitrogens with one attached hydrogen (secondary N) is 1. The number of carboxylic acids is 1. The molecule has 2 amide bonds. The molecular formula is C36H49N5O6. The van der Waals surface area contributed by atoms with Crippen LogP contribution < -0.4 is 14.8 Å². The summed E-state index contributed by atoms with van der Waals surface area (Å²) in [6, 6.07) is 7.61. The van der Waals surface area contributed by atoms with Gasteiger partial charge in [-0.3, -0.25) is 9.59 Å². The number of hydrogen-bond acceptors (Lipinski definition) is 7. The Morgan fingerprint density at radius 3 is 2.43 bits per heavy atom. The van der Waals surface area contributed by atoms with Crippen molar-refractivity contribution in [2.24, 2.45) is 17.8 Å². The molecule has 5 atom stereocenters. The van der Waals surface area contributed by atoms with Crippen LogP contribution in [0.25, 0.3) is 16.7 Å². The van der Waals surface area contributed by atoms with Gasteiger partial charge in [-0.15, -0.1) is 0 Å². The first-order chi connectivity index (χ1) is 22.2. The average molecular weight is 648 g/mol. The lowest BCUT2D eigenvalue weighted by atomic mass is 9.93. The van der Waals surface area contributed by atoms with Crippen molar-refractivity contribution in [3.8, 4) is 17.3 Å². The molecule has 2 saturated carbocycles. The summed E-state index contributed by atoms with van der Waals surface area (Å²) in [7, 11) is 3.40. The highest BCUT2D eigenvalue weighted by molar-refractivity contribution is 5.94. The summed E-state index contributed by atoms with van der Waals surface area (Å²) in [5.74, 6) is -1.27. The number of benzene rings is 1. The van der Waals surface area contributed by atoms with Gasteiger partial charge in [-0.25, -0.2) is 14.5 Å². The van der Waals surface area contributed by atoms with Crippen LogP contribution in [-0.2, 0) is 19.8 Å². The number of unbranched alkanes of at least 4 members (excludes halogenated alkanes) is 2. The van der Waals surface area contributed by atoms with Gasteiger partial charge in [0, 0.05) is 42.2 Å². The molecule has 0 bridgehead atoms. The molecule has 5 rings (SSSR count). The monoisotopic (exact) mass is 647 g/mol. The van der Waals surface area contributed by atoms with E-state index in [0.29, 0.717) is 42.2 Å². The molecule has 3 aromatic rings. The van der Waals surface area contributed by atoms with Gasteiger partial charge >= 0.3 is 5.97 Å². The maximum atomic E-state index is 13.8. The van der Waals surface area contributed by atoms with Crippen LogP contribution in [0.2, 0.25) is 0 Å². The number of amides is 2. The van der Waals surface area contributed by atoms with E-state index in [1.165, 1.54) is 0 Å². The predicted molar refractivity (Wildman–Crippen MR) is 179 cm³/mol. The van der Waals surface area contributed by atoms with Crippen molar-refractivity contribution in [1.29, 1.82) is 0 Å². The molecule has 2 N–H and O–H groups in total. The van der Waals surface area contributed by atoms with Crippen LogP contribution in [-0.4, -0.2) is 74.9 Å². The number of aromatic nitrogens is 3. The molecule has 47 heavy (non-hydrogen) atoms. The van der Waals surface area contributed by atoms with Crippen LogP contribution in [0, 0.1) is 24.7 Å². The molecule has 2 fully saturated rings. The van der Waals surface area contributed by atoms with Crippen LogP contribution in [0.1, 0.15) is 84.4 Å². The summed E-state index contributed by atoms with van der Waals surface area (Å²) in [5, 5.41) is 18.3. The van der Waals surface area contributed by atoms with Gasteiger partial charge < -0.3 is 24.8 Å². The number of ether oxygens (including phenoxy) is 2. The van der Waals surface area contributed by atoms with Gasteiger partial charge in [-0.2, -0.15) is 5.10 Å². The minimum absolute atomic E-state index is 0.118. The largest absolute Gasteiger partial charge is 0.496 e. The lowest BCUT2D eigenvalue weighted by molar-refractivity contribution is -0.145. The number of carbonyl (C=O) groups is 3. The molecule has 0 saturated heterocycles. The highest BCUT2D eigenvalue weighted by Gasteiger charge is 2.60. The number of nitrogens with zero attached hydrogens (tertiary/aromatic N) is 4. The van der Waals surface area contributed by atoms with E-state index < -0.39 is 35.4 Å². The Kier molecular flexibility index (Phi) is 9.57. The molecule has 2 aliphatic rings. The predicted octanol–water partition coefficient (Wildman–Crippen LogP) is 5.44. The average Bonchev–Trinajstić information content (AvgIpc) is 3.35. The van der Waals surface area contributed by atoms with Crippen molar-refractivity contribution >= 4 is 28.7 Å². The summed E-state index contributed by atoms with van der Waals surface area (Å²) in [6.45, 7) is 12.8. The highest BCUT2D eigenvalue weighted by Crippen LogP contribution is 2.45. The van der Waals surface area contributed by atoms with E-state index in [-0.39, 0.29) is 23.7 Å². The topological polar surface area (TPSA) is 136 Å². The molecule has 2 heterocycles. The van der Waals surface area contributed by atoms with Gasteiger partial charge in [-0.1, -0.05) is 47.5 Å². The molecule has 0 spiro atoms. The van der Waals surface area contributed by atoms with E-state index in [4.69, 9.17) is 19.6 Å². The molecule has 254 valence electrons. The normalized spacial score (nSPS) is 23.8. The van der Waals surface area contributed by atoms with Crippen LogP contribution in [0.4, 0.5) is 0 Å². The van der Waals surface area contributed by atoms with Crippen molar-refractivity contribution in [2.75, 3.05) is 20.7 Å². The summed E-state index contributed by atoms with van der Waals surface area (Å²) in [5.41, 5.74) is 1.04. The Balaban J connectivity index is 1.49. The highest BCUT2D eigenvalue weighted by atomic mass is 16.5. The van der Waals surface area contributed by atoms with Crippen LogP contribution >= 0.6 is 0 Å². The van der Waals surface area contributed by atoms with E-state index in [2.05, 4.69) is 33.0 Å². The Bertz CT molecular complexity index is 1660. The molecule has 11 nitrogen and oxygen atoms in total. The van der Waals surface area contributed by atoms with Crippen molar-refractivity contribution < 1.29 is 29.0 Å². The number of aliphatic carboxylic acids is 1. The lowest BCUT2D eigenvalue weighted by Crippen LogP contribution is -2.49. The molecule has 2 aromatic heterocycles. The number of carbonyl (C=O) groups excluding carboxylic acids is 2. The quantitative estimate of drug-likeness (QED) is 0.248. The number of aryl methyl sites for hydroxylation is 1. The second kappa shape index (κ2) is 13.2.